The molecule has 33 heavy (non-hydrogen) atoms. The summed E-state index contributed by atoms with van der Waals surface area (Å²) in [6, 6.07) is 12.3. The molecule has 1 heterocycles. The van der Waals surface area contributed by atoms with Crippen molar-refractivity contribution in [3.8, 4) is 5.75 Å². The van der Waals surface area contributed by atoms with Crippen LogP contribution in [0.25, 0.3) is 0 Å². The number of hydrogen-bond donors (Lipinski definition) is 3. The second kappa shape index (κ2) is 11.3. The van der Waals surface area contributed by atoms with Gasteiger partial charge in [-0.3, -0.25) is 10.1 Å². The van der Waals surface area contributed by atoms with Gasteiger partial charge in [-0.1, -0.05) is 12.1 Å². The largest absolute Gasteiger partial charge is 0.497 e. The molecule has 0 saturated carbocycles. The lowest BCUT2D eigenvalue weighted by molar-refractivity contribution is -0.384. The minimum atomic E-state index is -1.07. The molecular formula is C23H24F2N4O4. The highest BCUT2D eigenvalue weighted by molar-refractivity contribution is 5.56. The molecule has 0 amide bonds. The third-order valence-electron chi connectivity index (χ3n) is 4.96. The Hall–Kier alpha value is -3.63. The first-order valence-electron chi connectivity index (χ1n) is 10.2. The lowest BCUT2D eigenvalue weighted by Crippen LogP contribution is -2.42. The van der Waals surface area contributed by atoms with Gasteiger partial charge in [0.1, 0.15) is 17.4 Å². The van der Waals surface area contributed by atoms with Crippen LogP contribution in [-0.4, -0.2) is 40.8 Å². The van der Waals surface area contributed by atoms with Crippen LogP contribution in [0.2, 0.25) is 0 Å². The lowest BCUT2D eigenvalue weighted by Gasteiger charge is -2.25. The van der Waals surface area contributed by atoms with E-state index in [-0.39, 0.29) is 30.0 Å². The van der Waals surface area contributed by atoms with Crippen molar-refractivity contribution < 1.29 is 23.5 Å². The fourth-order valence-corrected chi connectivity index (χ4v) is 3.39. The molecule has 2 aromatic carbocycles. The van der Waals surface area contributed by atoms with Gasteiger partial charge in [0.05, 0.1) is 24.2 Å². The molecule has 0 aliphatic carbocycles. The van der Waals surface area contributed by atoms with Gasteiger partial charge in [0.2, 0.25) is 5.82 Å². The predicted molar refractivity (Wildman–Crippen MR) is 119 cm³/mol. The number of anilines is 1. The molecule has 1 aromatic heterocycles. The summed E-state index contributed by atoms with van der Waals surface area (Å²) in [6.07, 6.45) is 0.315. The zero-order chi connectivity index (χ0) is 23.8. The Kier molecular flexibility index (Phi) is 8.22. The van der Waals surface area contributed by atoms with Crippen molar-refractivity contribution in [3.05, 3.63) is 93.7 Å². The fourth-order valence-electron chi connectivity index (χ4n) is 3.39. The summed E-state index contributed by atoms with van der Waals surface area (Å²) in [5.41, 5.74) is 0.943. The van der Waals surface area contributed by atoms with Gasteiger partial charge in [-0.25, -0.2) is 13.8 Å². The number of ether oxygens (including phenoxy) is 1. The van der Waals surface area contributed by atoms with Crippen LogP contribution >= 0.6 is 0 Å². The Balaban J connectivity index is 1.75. The van der Waals surface area contributed by atoms with Crippen LogP contribution in [0.15, 0.2) is 60.8 Å². The topological polar surface area (TPSA) is 110 Å². The second-order valence-electron chi connectivity index (χ2n) is 7.41. The Morgan fingerprint density at radius 1 is 1.12 bits per heavy atom. The van der Waals surface area contributed by atoms with E-state index >= 15 is 0 Å². The van der Waals surface area contributed by atoms with Crippen molar-refractivity contribution in [2.24, 2.45) is 0 Å². The van der Waals surface area contributed by atoms with E-state index in [1.807, 2.05) is 24.3 Å². The molecule has 3 rings (SSSR count). The second-order valence-corrected chi connectivity index (χ2v) is 7.41. The molecule has 0 fully saturated rings. The van der Waals surface area contributed by atoms with Gasteiger partial charge in [-0.15, -0.1) is 0 Å². The average molecular weight is 458 g/mol. The van der Waals surface area contributed by atoms with Gasteiger partial charge in [-0.05, 0) is 47.9 Å². The van der Waals surface area contributed by atoms with E-state index in [1.54, 1.807) is 7.11 Å². The first-order chi connectivity index (χ1) is 15.9. The minimum Gasteiger partial charge on any atom is -0.497 e. The summed E-state index contributed by atoms with van der Waals surface area (Å²) in [7, 11) is 1.57. The van der Waals surface area contributed by atoms with Crippen molar-refractivity contribution >= 4 is 11.5 Å². The smallest absolute Gasteiger partial charge is 0.311 e. The molecule has 0 radical (unpaired) electrons. The Bertz CT molecular complexity index is 1080. The normalized spacial score (nSPS) is 12.7. The third kappa shape index (κ3) is 6.93. The van der Waals surface area contributed by atoms with Gasteiger partial charge in [0, 0.05) is 31.4 Å². The average Bonchev–Trinajstić information content (AvgIpc) is 2.78. The van der Waals surface area contributed by atoms with Gasteiger partial charge in [0.25, 0.3) is 0 Å². The summed E-state index contributed by atoms with van der Waals surface area (Å²) in [5.74, 6) is -0.849. The lowest BCUT2D eigenvalue weighted by atomic mass is 10.0. The molecule has 10 heteroatoms. The summed E-state index contributed by atoms with van der Waals surface area (Å²) in [4.78, 5) is 14.7. The molecule has 0 spiro atoms. The van der Waals surface area contributed by atoms with E-state index in [0.29, 0.717) is 12.3 Å². The van der Waals surface area contributed by atoms with Crippen LogP contribution in [0.5, 0.6) is 5.75 Å². The number of halogens is 2. The van der Waals surface area contributed by atoms with E-state index in [0.717, 1.165) is 23.8 Å². The molecule has 2 atom stereocenters. The predicted octanol–water partition coefficient (Wildman–Crippen LogP) is 3.45. The van der Waals surface area contributed by atoms with E-state index in [1.165, 1.54) is 18.3 Å². The van der Waals surface area contributed by atoms with E-state index < -0.39 is 28.7 Å². The van der Waals surface area contributed by atoms with Crippen molar-refractivity contribution in [2.45, 2.75) is 25.1 Å². The van der Waals surface area contributed by atoms with Crippen LogP contribution in [0.3, 0.4) is 0 Å². The van der Waals surface area contributed by atoms with Crippen molar-refractivity contribution in [3.63, 3.8) is 0 Å². The van der Waals surface area contributed by atoms with E-state index in [9.17, 15) is 24.0 Å². The highest BCUT2D eigenvalue weighted by Gasteiger charge is 2.24. The number of methoxy groups -OCH3 is 1. The minimum absolute atomic E-state index is 0.00438. The maximum atomic E-state index is 13.7. The number of rotatable bonds is 11. The molecule has 2 unspecified atom stereocenters. The fraction of sp³-hybridized carbons (Fsp3) is 0.261. The Morgan fingerprint density at radius 3 is 2.58 bits per heavy atom. The number of aliphatic hydroxyl groups is 1. The number of nitrogens with zero attached hydrogens (tertiary/aromatic N) is 2. The highest BCUT2D eigenvalue weighted by atomic mass is 19.1. The van der Waals surface area contributed by atoms with Crippen LogP contribution in [0.1, 0.15) is 11.1 Å². The first-order valence-corrected chi connectivity index (χ1v) is 10.2. The SMILES string of the molecule is COc1cccc(CNCC(O)C(Cc2cc(F)cc(F)c2)Nc2ncccc2[N+](=O)[O-])c1. The summed E-state index contributed by atoms with van der Waals surface area (Å²) in [5, 5.41) is 28.2. The van der Waals surface area contributed by atoms with Crippen LogP contribution in [0, 0.1) is 21.7 Å². The maximum absolute atomic E-state index is 13.7. The zero-order valence-electron chi connectivity index (χ0n) is 17.9. The summed E-state index contributed by atoms with van der Waals surface area (Å²) in [6.45, 7) is 0.534. The number of nitrogens with one attached hydrogen (secondary N) is 2. The number of pyridine rings is 1. The highest BCUT2D eigenvalue weighted by Crippen LogP contribution is 2.23. The number of benzene rings is 2. The number of aliphatic hydroxyl groups excluding tert-OH is 1. The van der Waals surface area contributed by atoms with Gasteiger partial charge in [0.15, 0.2) is 0 Å². The maximum Gasteiger partial charge on any atom is 0.311 e. The van der Waals surface area contributed by atoms with Crippen molar-refractivity contribution in [2.75, 3.05) is 19.0 Å². The Labute approximate surface area is 189 Å². The van der Waals surface area contributed by atoms with Gasteiger partial charge < -0.3 is 20.5 Å². The molecule has 8 nitrogen and oxygen atoms in total. The van der Waals surface area contributed by atoms with Gasteiger partial charge >= 0.3 is 5.69 Å². The summed E-state index contributed by atoms with van der Waals surface area (Å²) >= 11 is 0. The van der Waals surface area contributed by atoms with Gasteiger partial charge in [-0.2, -0.15) is 0 Å². The molecule has 0 aliphatic heterocycles. The standard InChI is InChI=1S/C23H24F2N4O4/c1-33-19-5-2-4-15(10-19)13-26-14-22(30)20(11-16-8-17(24)12-18(25)9-16)28-23-21(29(31)32)6-3-7-27-23/h2-10,12,20,22,26,30H,11,13-14H2,1H3,(H,27,28). The molecule has 0 bridgehead atoms. The van der Waals surface area contributed by atoms with Crippen LogP contribution < -0.4 is 15.4 Å². The van der Waals surface area contributed by atoms with Crippen molar-refractivity contribution in [1.29, 1.82) is 0 Å². The molecule has 0 saturated heterocycles. The molecule has 3 N–H and O–H groups in total. The first kappa shape index (κ1) is 24.0. The number of hydrogen-bond acceptors (Lipinski definition) is 7. The third-order valence-corrected chi connectivity index (χ3v) is 4.96. The quantitative estimate of drug-likeness (QED) is 0.298. The molecular weight excluding hydrogens is 434 g/mol. The van der Waals surface area contributed by atoms with E-state index in [2.05, 4.69) is 15.6 Å². The van der Waals surface area contributed by atoms with E-state index in [4.69, 9.17) is 4.74 Å². The van der Waals surface area contributed by atoms with Crippen LogP contribution in [-0.2, 0) is 13.0 Å². The van der Waals surface area contributed by atoms with Crippen molar-refractivity contribution in [1.82, 2.24) is 10.3 Å². The Morgan fingerprint density at radius 2 is 1.88 bits per heavy atom. The monoisotopic (exact) mass is 458 g/mol. The number of nitro groups is 1. The number of aromatic nitrogens is 1. The molecule has 174 valence electrons. The van der Waals surface area contributed by atoms with Crippen LogP contribution in [0.4, 0.5) is 20.3 Å². The molecule has 3 aromatic rings. The summed E-state index contributed by atoms with van der Waals surface area (Å²) < 4.78 is 32.6. The zero-order valence-corrected chi connectivity index (χ0v) is 17.9. The molecule has 0 aliphatic rings.